The highest BCUT2D eigenvalue weighted by Crippen LogP contribution is 2.21. The number of amides is 1. The molecule has 0 aromatic heterocycles. The molecule has 1 saturated heterocycles. The second-order valence-corrected chi connectivity index (χ2v) is 6.27. The summed E-state index contributed by atoms with van der Waals surface area (Å²) in [5.74, 6) is -1.37. The highest BCUT2D eigenvalue weighted by atomic mass is 32.3. The van der Waals surface area contributed by atoms with Crippen LogP contribution in [0.4, 0.5) is 3.89 Å². The van der Waals surface area contributed by atoms with Crippen molar-refractivity contribution in [2.24, 2.45) is 5.92 Å². The minimum Gasteiger partial charge on any atom is -0.389 e. The molecule has 0 radical (unpaired) electrons. The number of carbonyl (C=O) groups is 1. The Kier molecular flexibility index (Phi) is 3.59. The van der Waals surface area contributed by atoms with Gasteiger partial charge in [0.1, 0.15) is 0 Å². The molecule has 1 amide bonds. The minimum atomic E-state index is -4.54. The van der Waals surface area contributed by atoms with Crippen molar-refractivity contribution in [3.63, 3.8) is 0 Å². The van der Waals surface area contributed by atoms with E-state index < -0.39 is 27.5 Å². The number of hydrogen-bond donors (Lipinski definition) is 1. The standard InChI is InChI=1S/C9H16FNO4S/c1-9(2,13)6-11-4-7(3-8(11)12)5-16(10,14)15/h7,13H,3-6H2,1-2H3. The van der Waals surface area contributed by atoms with Crippen LogP contribution in [0.1, 0.15) is 20.3 Å². The van der Waals surface area contributed by atoms with E-state index >= 15 is 0 Å². The van der Waals surface area contributed by atoms with E-state index in [0.717, 1.165) is 0 Å². The Bertz CT molecular complexity index is 373. The number of nitrogens with zero attached hydrogens (tertiary/aromatic N) is 1. The average Bonchev–Trinajstić information content (AvgIpc) is 2.23. The molecule has 1 fully saturated rings. The summed E-state index contributed by atoms with van der Waals surface area (Å²) in [5, 5.41) is 9.53. The second-order valence-electron chi connectivity index (χ2n) is 4.86. The Balaban J connectivity index is 2.58. The molecule has 1 unspecified atom stereocenters. The molecular formula is C9H16FNO4S. The molecule has 1 aliphatic rings. The van der Waals surface area contributed by atoms with Crippen LogP contribution in [0.3, 0.4) is 0 Å². The maximum absolute atomic E-state index is 12.4. The summed E-state index contributed by atoms with van der Waals surface area (Å²) in [4.78, 5) is 12.8. The molecule has 0 aromatic carbocycles. The Morgan fingerprint density at radius 3 is 2.56 bits per heavy atom. The Morgan fingerprint density at radius 1 is 1.56 bits per heavy atom. The van der Waals surface area contributed by atoms with Crippen LogP contribution in [0, 0.1) is 5.92 Å². The molecule has 0 spiro atoms. The summed E-state index contributed by atoms with van der Waals surface area (Å²) in [6.45, 7) is 3.43. The van der Waals surface area contributed by atoms with E-state index in [0.29, 0.717) is 0 Å². The van der Waals surface area contributed by atoms with Crippen LogP contribution in [0.15, 0.2) is 0 Å². The molecule has 0 bridgehead atoms. The lowest BCUT2D eigenvalue weighted by atomic mass is 10.1. The van der Waals surface area contributed by atoms with Gasteiger partial charge in [-0.1, -0.05) is 0 Å². The third kappa shape index (κ3) is 4.44. The fraction of sp³-hybridized carbons (Fsp3) is 0.889. The average molecular weight is 253 g/mol. The maximum Gasteiger partial charge on any atom is 0.302 e. The molecule has 94 valence electrons. The molecule has 1 atom stereocenters. The fourth-order valence-electron chi connectivity index (χ4n) is 1.87. The van der Waals surface area contributed by atoms with Gasteiger partial charge < -0.3 is 10.0 Å². The summed E-state index contributed by atoms with van der Waals surface area (Å²) in [6, 6.07) is 0. The van der Waals surface area contributed by atoms with Crippen LogP contribution >= 0.6 is 0 Å². The number of aliphatic hydroxyl groups is 1. The van der Waals surface area contributed by atoms with E-state index in [1.165, 1.54) is 4.90 Å². The molecule has 5 nitrogen and oxygen atoms in total. The molecule has 0 aliphatic carbocycles. The van der Waals surface area contributed by atoms with Gasteiger partial charge in [-0.05, 0) is 13.8 Å². The van der Waals surface area contributed by atoms with Crippen LogP contribution in [-0.4, -0.2) is 48.8 Å². The van der Waals surface area contributed by atoms with Gasteiger partial charge in [0.05, 0.1) is 11.4 Å². The SMILES string of the molecule is CC(C)(O)CN1CC(CS(=O)(=O)F)CC1=O. The van der Waals surface area contributed by atoms with Gasteiger partial charge in [-0.15, -0.1) is 3.89 Å². The van der Waals surface area contributed by atoms with E-state index in [1.807, 2.05) is 0 Å². The summed E-state index contributed by atoms with van der Waals surface area (Å²) in [7, 11) is -4.54. The third-order valence-corrected chi connectivity index (χ3v) is 3.18. The quantitative estimate of drug-likeness (QED) is 0.710. The zero-order chi connectivity index (χ0) is 12.6. The normalized spacial score (nSPS) is 22.9. The summed E-state index contributed by atoms with van der Waals surface area (Å²) >= 11 is 0. The number of likely N-dealkylation sites (tertiary alicyclic amines) is 1. The van der Waals surface area contributed by atoms with Crippen molar-refractivity contribution < 1.29 is 22.2 Å². The zero-order valence-corrected chi connectivity index (χ0v) is 10.1. The molecule has 1 N–H and O–H groups in total. The van der Waals surface area contributed by atoms with Crippen molar-refractivity contribution in [1.82, 2.24) is 4.90 Å². The second kappa shape index (κ2) is 4.29. The van der Waals surface area contributed by atoms with Crippen molar-refractivity contribution in [2.45, 2.75) is 25.9 Å². The molecular weight excluding hydrogens is 237 g/mol. The number of β-amino-alcohol motifs (C(OH)–C–C–N with tert-alkyl or cyclic N) is 1. The highest BCUT2D eigenvalue weighted by Gasteiger charge is 2.34. The first-order valence-corrected chi connectivity index (χ1v) is 6.54. The minimum absolute atomic E-state index is 0.0270. The molecule has 0 aromatic rings. The van der Waals surface area contributed by atoms with Crippen molar-refractivity contribution in [1.29, 1.82) is 0 Å². The topological polar surface area (TPSA) is 74.7 Å². The predicted molar refractivity (Wildman–Crippen MR) is 55.9 cm³/mol. The van der Waals surface area contributed by atoms with Crippen LogP contribution in [-0.2, 0) is 15.0 Å². The summed E-state index contributed by atoms with van der Waals surface area (Å²) in [5.41, 5.74) is -1.03. The maximum atomic E-state index is 12.4. The predicted octanol–water partition coefficient (Wildman–Crippen LogP) is -0.0949. The number of rotatable bonds is 4. The Morgan fingerprint density at radius 2 is 2.12 bits per heavy atom. The van der Waals surface area contributed by atoms with Crippen molar-refractivity contribution in [2.75, 3.05) is 18.8 Å². The van der Waals surface area contributed by atoms with Crippen LogP contribution in [0.2, 0.25) is 0 Å². The largest absolute Gasteiger partial charge is 0.389 e. The Hall–Kier alpha value is -0.690. The van der Waals surface area contributed by atoms with Gasteiger partial charge in [0, 0.05) is 25.4 Å². The fourth-order valence-corrected chi connectivity index (χ4v) is 2.65. The molecule has 0 saturated carbocycles. The van der Waals surface area contributed by atoms with Gasteiger partial charge in [-0.25, -0.2) is 0 Å². The first-order chi connectivity index (χ1) is 7.07. The molecule has 1 aliphatic heterocycles. The van der Waals surface area contributed by atoms with Gasteiger partial charge in [0.15, 0.2) is 0 Å². The molecule has 1 rings (SSSR count). The van der Waals surface area contributed by atoms with Crippen LogP contribution in [0.25, 0.3) is 0 Å². The third-order valence-electron chi connectivity index (χ3n) is 2.31. The summed E-state index contributed by atoms with van der Waals surface area (Å²) in [6.07, 6.45) is 0.0270. The van der Waals surface area contributed by atoms with Gasteiger partial charge in [0.25, 0.3) is 0 Å². The van der Waals surface area contributed by atoms with Crippen molar-refractivity contribution in [3.8, 4) is 0 Å². The number of hydrogen-bond acceptors (Lipinski definition) is 4. The van der Waals surface area contributed by atoms with Crippen LogP contribution < -0.4 is 0 Å². The first kappa shape index (κ1) is 13.4. The van der Waals surface area contributed by atoms with E-state index in [2.05, 4.69) is 0 Å². The monoisotopic (exact) mass is 253 g/mol. The van der Waals surface area contributed by atoms with Gasteiger partial charge in [-0.2, -0.15) is 8.42 Å². The molecule has 16 heavy (non-hydrogen) atoms. The molecule has 7 heteroatoms. The Labute approximate surface area is 94.5 Å². The van der Waals surface area contributed by atoms with Gasteiger partial charge in [-0.3, -0.25) is 4.79 Å². The number of carbonyl (C=O) groups excluding carboxylic acids is 1. The van der Waals surface area contributed by atoms with E-state index in [-0.39, 0.29) is 25.4 Å². The lowest BCUT2D eigenvalue weighted by Gasteiger charge is -2.25. The highest BCUT2D eigenvalue weighted by molar-refractivity contribution is 7.86. The van der Waals surface area contributed by atoms with Crippen LogP contribution in [0.5, 0.6) is 0 Å². The van der Waals surface area contributed by atoms with E-state index in [4.69, 9.17) is 0 Å². The van der Waals surface area contributed by atoms with Gasteiger partial charge >= 0.3 is 10.2 Å². The van der Waals surface area contributed by atoms with Gasteiger partial charge in [0.2, 0.25) is 5.91 Å². The zero-order valence-electron chi connectivity index (χ0n) is 9.31. The van der Waals surface area contributed by atoms with Crippen molar-refractivity contribution in [3.05, 3.63) is 0 Å². The van der Waals surface area contributed by atoms with E-state index in [9.17, 15) is 22.2 Å². The summed E-state index contributed by atoms with van der Waals surface area (Å²) < 4.78 is 33.3. The number of halogens is 1. The smallest absolute Gasteiger partial charge is 0.302 e. The molecule has 1 heterocycles. The van der Waals surface area contributed by atoms with E-state index in [1.54, 1.807) is 13.8 Å². The first-order valence-electron chi connectivity index (χ1n) is 4.99. The van der Waals surface area contributed by atoms with Crippen molar-refractivity contribution >= 4 is 16.1 Å². The lowest BCUT2D eigenvalue weighted by molar-refractivity contribution is -0.130. The lowest BCUT2D eigenvalue weighted by Crippen LogP contribution is -2.39.